The number of amides is 1. The van der Waals surface area contributed by atoms with Crippen LogP contribution in [0.25, 0.3) is 0 Å². The summed E-state index contributed by atoms with van der Waals surface area (Å²) in [4.78, 5) is 28.2. The smallest absolute Gasteiger partial charge is 0.306 e. The molecule has 0 radical (unpaired) electrons. The van der Waals surface area contributed by atoms with Crippen LogP contribution in [0.1, 0.15) is 63.1 Å². The zero-order valence-corrected chi connectivity index (χ0v) is 20.9. The van der Waals surface area contributed by atoms with Gasteiger partial charge in [-0.3, -0.25) is 9.59 Å². The predicted molar refractivity (Wildman–Crippen MR) is 130 cm³/mol. The molecule has 1 aliphatic rings. The first-order valence-electron chi connectivity index (χ1n) is 11.2. The van der Waals surface area contributed by atoms with Crippen LogP contribution in [0.4, 0.5) is 0 Å². The van der Waals surface area contributed by atoms with Crippen molar-refractivity contribution in [1.82, 2.24) is 4.90 Å². The number of halogens is 2. The monoisotopic (exact) mass is 491 g/mol. The highest BCUT2D eigenvalue weighted by Gasteiger charge is 2.52. The third kappa shape index (κ3) is 5.37. The molecule has 1 aliphatic heterocycles. The van der Waals surface area contributed by atoms with Crippen molar-refractivity contribution >= 4 is 35.1 Å². The van der Waals surface area contributed by atoms with Crippen LogP contribution in [-0.2, 0) is 14.3 Å². The molecule has 5 nitrogen and oxygen atoms in total. The van der Waals surface area contributed by atoms with Gasteiger partial charge in [0.25, 0.3) is 0 Å². The van der Waals surface area contributed by atoms with E-state index in [0.717, 1.165) is 11.1 Å². The van der Waals surface area contributed by atoms with Crippen molar-refractivity contribution in [3.63, 3.8) is 0 Å². The van der Waals surface area contributed by atoms with Gasteiger partial charge < -0.3 is 14.7 Å². The van der Waals surface area contributed by atoms with Crippen LogP contribution in [0.5, 0.6) is 0 Å². The van der Waals surface area contributed by atoms with E-state index in [-0.39, 0.29) is 24.3 Å². The molecule has 0 saturated carbocycles. The molecule has 178 valence electrons. The molecule has 1 saturated heterocycles. The van der Waals surface area contributed by atoms with E-state index in [4.69, 9.17) is 27.9 Å². The lowest BCUT2D eigenvalue weighted by Gasteiger charge is -2.52. The number of aliphatic hydroxyl groups is 1. The molecule has 0 aromatic heterocycles. The molecule has 0 spiro atoms. The molecule has 1 N–H and O–H groups in total. The molecule has 2 aromatic rings. The molecule has 33 heavy (non-hydrogen) atoms. The van der Waals surface area contributed by atoms with Crippen LogP contribution in [0.2, 0.25) is 10.0 Å². The number of benzene rings is 2. The molecule has 2 unspecified atom stereocenters. The summed E-state index contributed by atoms with van der Waals surface area (Å²) in [6, 6.07) is 14.3. The van der Waals surface area contributed by atoms with Gasteiger partial charge in [0.1, 0.15) is 0 Å². The van der Waals surface area contributed by atoms with E-state index >= 15 is 0 Å². The van der Waals surface area contributed by atoms with Gasteiger partial charge in [-0.15, -0.1) is 0 Å². The number of hydrogen-bond donors (Lipinski definition) is 1. The quantitative estimate of drug-likeness (QED) is 0.498. The number of carbonyl (C=O) groups excluding carboxylic acids is 2. The fourth-order valence-corrected chi connectivity index (χ4v) is 5.40. The minimum atomic E-state index is -0.995. The average Bonchev–Trinajstić information content (AvgIpc) is 2.77. The van der Waals surface area contributed by atoms with Gasteiger partial charge in [-0.1, -0.05) is 61.3 Å². The fourth-order valence-electron chi connectivity index (χ4n) is 5.07. The van der Waals surface area contributed by atoms with Gasteiger partial charge in [0, 0.05) is 16.0 Å². The lowest BCUT2D eigenvalue weighted by Crippen LogP contribution is -2.58. The fraction of sp³-hybridized carbons (Fsp3) is 0.462. The molecule has 5 atom stereocenters. The summed E-state index contributed by atoms with van der Waals surface area (Å²) in [5.74, 6) is -0.769. The first-order valence-corrected chi connectivity index (χ1v) is 12.0. The SMILES string of the molecule is CCC(C(C)O)N1C(=O)[C@@](C)(CC(=O)OC)C[C@H](c2cccc(Cl)c2)[C@H]1c1ccc(Cl)cc1. The Balaban J connectivity index is 2.24. The standard InChI is InChI=1S/C26H31Cl2NO4/c1-5-22(16(2)30)29-24(17-9-11-19(27)12-10-17)21(18-7-6-8-20(28)13-18)14-26(3,25(29)32)15-23(31)33-4/h6-13,16,21-22,24,30H,5,14-15H2,1-4H3/t16?,21-,22?,24-,26-/m1/s1. The highest BCUT2D eigenvalue weighted by molar-refractivity contribution is 6.30. The zero-order valence-electron chi connectivity index (χ0n) is 19.4. The molecular formula is C26H31Cl2NO4. The number of rotatable bonds is 7. The molecule has 0 aliphatic carbocycles. The second-order valence-corrected chi connectivity index (χ2v) is 9.98. The van der Waals surface area contributed by atoms with E-state index in [9.17, 15) is 14.7 Å². The highest BCUT2D eigenvalue weighted by Crippen LogP contribution is 2.52. The minimum absolute atomic E-state index is 0.0422. The van der Waals surface area contributed by atoms with Crippen molar-refractivity contribution < 1.29 is 19.4 Å². The van der Waals surface area contributed by atoms with Crippen LogP contribution in [0.3, 0.4) is 0 Å². The van der Waals surface area contributed by atoms with Crippen LogP contribution >= 0.6 is 23.2 Å². The molecule has 7 heteroatoms. The number of piperidine rings is 1. The summed E-state index contributed by atoms with van der Waals surface area (Å²) in [6.45, 7) is 5.45. The average molecular weight is 492 g/mol. The van der Waals surface area contributed by atoms with Crippen molar-refractivity contribution in [1.29, 1.82) is 0 Å². The van der Waals surface area contributed by atoms with E-state index in [0.29, 0.717) is 22.9 Å². The summed E-state index contributed by atoms with van der Waals surface area (Å²) in [5.41, 5.74) is 0.888. The first kappa shape index (κ1) is 25.5. The second kappa shape index (κ2) is 10.5. The van der Waals surface area contributed by atoms with Crippen LogP contribution in [0, 0.1) is 5.41 Å². The molecule has 1 amide bonds. The third-order valence-corrected chi connectivity index (χ3v) is 7.17. The van der Waals surface area contributed by atoms with E-state index in [1.54, 1.807) is 24.0 Å². The maximum atomic E-state index is 14.1. The second-order valence-electron chi connectivity index (χ2n) is 9.10. The summed E-state index contributed by atoms with van der Waals surface area (Å²) >= 11 is 12.5. The van der Waals surface area contributed by atoms with Crippen LogP contribution in [0.15, 0.2) is 48.5 Å². The van der Waals surface area contributed by atoms with Crippen molar-refractivity contribution in [3.05, 3.63) is 69.7 Å². The van der Waals surface area contributed by atoms with Gasteiger partial charge >= 0.3 is 5.97 Å². The first-order chi connectivity index (χ1) is 15.6. The van der Waals surface area contributed by atoms with Crippen molar-refractivity contribution in [2.24, 2.45) is 5.41 Å². The van der Waals surface area contributed by atoms with Gasteiger partial charge in [-0.05, 0) is 55.2 Å². The van der Waals surface area contributed by atoms with Crippen molar-refractivity contribution in [2.45, 2.75) is 64.1 Å². The summed E-state index contributed by atoms with van der Waals surface area (Å²) in [5, 5.41) is 11.9. The number of nitrogens with zero attached hydrogens (tertiary/aromatic N) is 1. The van der Waals surface area contributed by atoms with E-state index in [1.807, 2.05) is 50.2 Å². The third-order valence-electron chi connectivity index (χ3n) is 6.69. The Morgan fingerprint density at radius 3 is 2.39 bits per heavy atom. The number of ether oxygens (including phenoxy) is 1. The van der Waals surface area contributed by atoms with Crippen molar-refractivity contribution in [3.8, 4) is 0 Å². The molecule has 2 aromatic carbocycles. The molecule has 0 bridgehead atoms. The summed E-state index contributed by atoms with van der Waals surface area (Å²) in [7, 11) is 1.33. The topological polar surface area (TPSA) is 66.8 Å². The Morgan fingerprint density at radius 1 is 1.18 bits per heavy atom. The molecule has 1 fully saturated rings. The number of methoxy groups -OCH3 is 1. The number of esters is 1. The molecule has 3 rings (SSSR count). The predicted octanol–water partition coefficient (Wildman–Crippen LogP) is 5.78. The maximum absolute atomic E-state index is 14.1. The van der Waals surface area contributed by atoms with Gasteiger partial charge in [-0.25, -0.2) is 0 Å². The molecule has 1 heterocycles. The van der Waals surface area contributed by atoms with Gasteiger partial charge in [0.15, 0.2) is 0 Å². The van der Waals surface area contributed by atoms with Gasteiger partial charge in [0.2, 0.25) is 5.91 Å². The Labute approximate surface area is 205 Å². The van der Waals surface area contributed by atoms with Gasteiger partial charge in [0.05, 0.1) is 37.1 Å². The van der Waals surface area contributed by atoms with Gasteiger partial charge in [-0.2, -0.15) is 0 Å². The zero-order chi connectivity index (χ0) is 24.3. The highest BCUT2D eigenvalue weighted by atomic mass is 35.5. The minimum Gasteiger partial charge on any atom is -0.469 e. The normalized spacial score (nSPS) is 24.9. The lowest BCUT2D eigenvalue weighted by molar-refractivity contribution is -0.164. The van der Waals surface area contributed by atoms with E-state index in [2.05, 4.69) is 0 Å². The Kier molecular flexibility index (Phi) is 8.09. The number of carbonyl (C=O) groups is 2. The van der Waals surface area contributed by atoms with Crippen LogP contribution in [-0.4, -0.2) is 41.1 Å². The largest absolute Gasteiger partial charge is 0.469 e. The maximum Gasteiger partial charge on any atom is 0.306 e. The Bertz CT molecular complexity index is 994. The summed E-state index contributed by atoms with van der Waals surface area (Å²) in [6.07, 6.45) is 0.194. The Morgan fingerprint density at radius 2 is 1.85 bits per heavy atom. The van der Waals surface area contributed by atoms with Crippen LogP contribution < -0.4 is 0 Å². The number of hydrogen-bond acceptors (Lipinski definition) is 4. The summed E-state index contributed by atoms with van der Waals surface area (Å²) < 4.78 is 4.93. The Hall–Kier alpha value is -2.08. The molecular weight excluding hydrogens is 461 g/mol. The lowest BCUT2D eigenvalue weighted by atomic mass is 9.67. The van der Waals surface area contributed by atoms with E-state index < -0.39 is 23.5 Å². The number of likely N-dealkylation sites (tertiary alicyclic amines) is 1. The van der Waals surface area contributed by atoms with E-state index in [1.165, 1.54) is 7.11 Å². The number of aliphatic hydroxyl groups excluding tert-OH is 1. The van der Waals surface area contributed by atoms with Crippen molar-refractivity contribution in [2.75, 3.05) is 7.11 Å².